The Kier molecular flexibility index (Phi) is 6.47. The molecule has 1 fully saturated rings. The van der Waals surface area contributed by atoms with Gasteiger partial charge in [-0.25, -0.2) is 4.79 Å². The Bertz CT molecular complexity index is 246. The number of rotatable bonds is 6. The number of nitrogens with zero attached hydrogens (tertiary/aromatic N) is 1. The lowest BCUT2D eigenvalue weighted by Gasteiger charge is -2.33. The van der Waals surface area contributed by atoms with E-state index in [1.165, 1.54) is 0 Å². The molecule has 0 aliphatic carbocycles. The van der Waals surface area contributed by atoms with Gasteiger partial charge in [-0.3, -0.25) is 0 Å². The second-order valence-corrected chi connectivity index (χ2v) is 5.53. The zero-order valence-corrected chi connectivity index (χ0v) is 12.2. The van der Waals surface area contributed by atoms with Gasteiger partial charge in [0.2, 0.25) is 0 Å². The van der Waals surface area contributed by atoms with Crippen molar-refractivity contribution in [3.05, 3.63) is 0 Å². The normalized spacial score (nSPS) is 19.6. The van der Waals surface area contributed by atoms with Gasteiger partial charge < -0.3 is 15.0 Å². The fourth-order valence-electron chi connectivity index (χ4n) is 2.43. The van der Waals surface area contributed by atoms with Gasteiger partial charge in [-0.1, -0.05) is 27.7 Å². The van der Waals surface area contributed by atoms with Crippen molar-refractivity contribution in [3.8, 4) is 0 Å². The van der Waals surface area contributed by atoms with Gasteiger partial charge in [0.05, 0.1) is 12.6 Å². The summed E-state index contributed by atoms with van der Waals surface area (Å²) >= 11 is 0. The van der Waals surface area contributed by atoms with E-state index in [0.717, 1.165) is 32.4 Å². The lowest BCUT2D eigenvalue weighted by Crippen LogP contribution is -2.50. The maximum atomic E-state index is 12.4. The SMILES string of the molecule is CCC(CC)N(CC(C)C)C(=O)NC1CCOC1. The van der Waals surface area contributed by atoms with Crippen molar-refractivity contribution < 1.29 is 9.53 Å². The Morgan fingerprint density at radius 1 is 1.39 bits per heavy atom. The summed E-state index contributed by atoms with van der Waals surface area (Å²) in [6.07, 6.45) is 2.96. The standard InChI is InChI=1S/C14H28N2O2/c1-5-13(6-2)16(9-11(3)4)14(17)15-12-7-8-18-10-12/h11-13H,5-10H2,1-4H3,(H,15,17). The predicted octanol–water partition coefficient (Wildman–Crippen LogP) is 2.63. The van der Waals surface area contributed by atoms with Crippen LogP contribution < -0.4 is 5.32 Å². The molecule has 0 radical (unpaired) electrons. The zero-order chi connectivity index (χ0) is 13.5. The largest absolute Gasteiger partial charge is 0.379 e. The highest BCUT2D eigenvalue weighted by atomic mass is 16.5. The first-order chi connectivity index (χ1) is 8.58. The van der Waals surface area contributed by atoms with E-state index in [2.05, 4.69) is 33.0 Å². The quantitative estimate of drug-likeness (QED) is 0.793. The fraction of sp³-hybridized carbons (Fsp3) is 0.929. The molecule has 1 aliphatic rings. The van der Waals surface area contributed by atoms with Gasteiger partial charge in [0, 0.05) is 19.2 Å². The van der Waals surface area contributed by atoms with E-state index >= 15 is 0 Å². The molecule has 106 valence electrons. The summed E-state index contributed by atoms with van der Waals surface area (Å²) in [6, 6.07) is 0.615. The molecule has 4 heteroatoms. The number of hydrogen-bond donors (Lipinski definition) is 1. The maximum absolute atomic E-state index is 12.4. The van der Waals surface area contributed by atoms with Crippen molar-refractivity contribution in [1.82, 2.24) is 10.2 Å². The summed E-state index contributed by atoms with van der Waals surface area (Å²) in [5, 5.41) is 3.10. The number of ether oxygens (including phenoxy) is 1. The predicted molar refractivity (Wildman–Crippen MR) is 73.7 cm³/mol. The number of urea groups is 1. The number of nitrogens with one attached hydrogen (secondary N) is 1. The second kappa shape index (κ2) is 7.62. The highest BCUT2D eigenvalue weighted by molar-refractivity contribution is 5.75. The van der Waals surface area contributed by atoms with E-state index in [1.807, 2.05) is 4.90 Å². The molecule has 1 unspecified atom stereocenters. The summed E-state index contributed by atoms with van der Waals surface area (Å²) in [5.41, 5.74) is 0. The molecule has 1 rings (SSSR count). The molecule has 1 atom stereocenters. The number of carbonyl (C=O) groups excluding carboxylic acids is 1. The first-order valence-electron chi connectivity index (χ1n) is 7.23. The van der Waals surface area contributed by atoms with Gasteiger partial charge in [0.1, 0.15) is 0 Å². The monoisotopic (exact) mass is 256 g/mol. The van der Waals surface area contributed by atoms with Gasteiger partial charge >= 0.3 is 6.03 Å². The van der Waals surface area contributed by atoms with Gasteiger partial charge in [-0.15, -0.1) is 0 Å². The fourth-order valence-corrected chi connectivity index (χ4v) is 2.43. The first-order valence-corrected chi connectivity index (χ1v) is 7.23. The van der Waals surface area contributed by atoms with Crippen LogP contribution in [0.25, 0.3) is 0 Å². The third kappa shape index (κ3) is 4.48. The molecule has 0 aromatic carbocycles. The molecule has 0 aromatic rings. The molecule has 0 bridgehead atoms. The van der Waals surface area contributed by atoms with Crippen molar-refractivity contribution >= 4 is 6.03 Å². The Morgan fingerprint density at radius 3 is 2.50 bits per heavy atom. The Hall–Kier alpha value is -0.770. The lowest BCUT2D eigenvalue weighted by molar-refractivity contribution is 0.152. The molecule has 1 aliphatic heterocycles. The molecule has 1 heterocycles. The van der Waals surface area contributed by atoms with E-state index < -0.39 is 0 Å². The van der Waals surface area contributed by atoms with Crippen molar-refractivity contribution in [3.63, 3.8) is 0 Å². The van der Waals surface area contributed by atoms with E-state index in [9.17, 15) is 4.79 Å². The van der Waals surface area contributed by atoms with E-state index in [0.29, 0.717) is 18.6 Å². The zero-order valence-electron chi connectivity index (χ0n) is 12.2. The third-order valence-electron chi connectivity index (χ3n) is 3.46. The van der Waals surface area contributed by atoms with Crippen molar-refractivity contribution in [2.75, 3.05) is 19.8 Å². The van der Waals surface area contributed by atoms with Gasteiger partial charge in [0.15, 0.2) is 0 Å². The highest BCUT2D eigenvalue weighted by Gasteiger charge is 2.25. The molecule has 0 saturated carbocycles. The second-order valence-electron chi connectivity index (χ2n) is 5.53. The summed E-state index contributed by atoms with van der Waals surface area (Å²) in [7, 11) is 0. The summed E-state index contributed by atoms with van der Waals surface area (Å²) in [4.78, 5) is 14.4. The Morgan fingerprint density at radius 2 is 2.06 bits per heavy atom. The molecule has 1 saturated heterocycles. The Labute approximate surface area is 111 Å². The van der Waals surface area contributed by atoms with Crippen LogP contribution in [0.5, 0.6) is 0 Å². The highest BCUT2D eigenvalue weighted by Crippen LogP contribution is 2.13. The van der Waals surface area contributed by atoms with E-state index in [1.54, 1.807) is 0 Å². The summed E-state index contributed by atoms with van der Waals surface area (Å²) < 4.78 is 5.30. The van der Waals surface area contributed by atoms with Crippen molar-refractivity contribution in [1.29, 1.82) is 0 Å². The van der Waals surface area contributed by atoms with Crippen LogP contribution in [0.4, 0.5) is 4.79 Å². The van der Waals surface area contributed by atoms with E-state index in [4.69, 9.17) is 4.74 Å². The minimum absolute atomic E-state index is 0.0768. The average molecular weight is 256 g/mol. The molecular weight excluding hydrogens is 228 g/mol. The Balaban J connectivity index is 2.58. The first kappa shape index (κ1) is 15.3. The van der Waals surface area contributed by atoms with Crippen molar-refractivity contribution in [2.24, 2.45) is 5.92 Å². The number of carbonyl (C=O) groups is 1. The van der Waals surface area contributed by atoms with Gasteiger partial charge in [0.25, 0.3) is 0 Å². The smallest absolute Gasteiger partial charge is 0.317 e. The summed E-state index contributed by atoms with van der Waals surface area (Å²) in [5.74, 6) is 0.496. The summed E-state index contributed by atoms with van der Waals surface area (Å²) in [6.45, 7) is 10.8. The van der Waals surface area contributed by atoms with Crippen LogP contribution in [-0.4, -0.2) is 42.8 Å². The average Bonchev–Trinajstić information content (AvgIpc) is 2.81. The van der Waals surface area contributed by atoms with Crippen LogP contribution in [-0.2, 0) is 4.74 Å². The van der Waals surface area contributed by atoms with Gasteiger partial charge in [-0.2, -0.15) is 0 Å². The van der Waals surface area contributed by atoms with Crippen LogP contribution in [0.2, 0.25) is 0 Å². The molecule has 4 nitrogen and oxygen atoms in total. The van der Waals surface area contributed by atoms with Crippen molar-refractivity contribution in [2.45, 2.75) is 59.0 Å². The third-order valence-corrected chi connectivity index (χ3v) is 3.46. The molecule has 0 spiro atoms. The van der Waals surface area contributed by atoms with Crippen LogP contribution in [0.3, 0.4) is 0 Å². The van der Waals surface area contributed by atoms with Crippen LogP contribution in [0.15, 0.2) is 0 Å². The molecule has 2 amide bonds. The van der Waals surface area contributed by atoms with Crippen LogP contribution >= 0.6 is 0 Å². The number of hydrogen-bond acceptors (Lipinski definition) is 2. The van der Waals surface area contributed by atoms with Crippen LogP contribution in [0, 0.1) is 5.92 Å². The molecule has 1 N–H and O–H groups in total. The minimum Gasteiger partial charge on any atom is -0.379 e. The van der Waals surface area contributed by atoms with Gasteiger partial charge in [-0.05, 0) is 25.2 Å². The molecule has 0 aromatic heterocycles. The molecule has 18 heavy (non-hydrogen) atoms. The maximum Gasteiger partial charge on any atom is 0.317 e. The minimum atomic E-state index is 0.0768. The lowest BCUT2D eigenvalue weighted by atomic mass is 10.1. The molecular formula is C14H28N2O2. The number of amides is 2. The topological polar surface area (TPSA) is 41.6 Å². The van der Waals surface area contributed by atoms with Crippen LogP contribution in [0.1, 0.15) is 47.0 Å². The van der Waals surface area contributed by atoms with E-state index in [-0.39, 0.29) is 12.1 Å².